The molecular weight excluding hydrogens is 412 g/mol. The minimum atomic E-state index is 0.0454. The van der Waals surface area contributed by atoms with Gasteiger partial charge in [0.1, 0.15) is 5.52 Å². The number of carbonyl (C=O) groups is 1. The van der Waals surface area contributed by atoms with Gasteiger partial charge < -0.3 is 14.3 Å². The Hall–Kier alpha value is -3.51. The fourth-order valence-corrected chi connectivity index (χ4v) is 4.59. The van der Waals surface area contributed by atoms with Gasteiger partial charge >= 0.3 is 0 Å². The van der Waals surface area contributed by atoms with E-state index in [9.17, 15) is 4.79 Å². The molecule has 1 aliphatic heterocycles. The first-order valence-corrected chi connectivity index (χ1v) is 11.5. The van der Waals surface area contributed by atoms with Crippen molar-refractivity contribution < 1.29 is 9.32 Å². The minimum absolute atomic E-state index is 0.0454. The summed E-state index contributed by atoms with van der Waals surface area (Å²) in [5.41, 5.74) is 3.51. The maximum Gasteiger partial charge on any atom is 0.253 e. The van der Waals surface area contributed by atoms with Gasteiger partial charge in [-0.2, -0.15) is 0 Å². The molecule has 0 aliphatic carbocycles. The number of hydrogen-bond donors (Lipinski definition) is 0. The molecule has 0 bridgehead atoms. The van der Waals surface area contributed by atoms with Gasteiger partial charge in [0.05, 0.1) is 5.39 Å². The zero-order valence-electron chi connectivity index (χ0n) is 18.9. The summed E-state index contributed by atoms with van der Waals surface area (Å²) >= 11 is 0. The van der Waals surface area contributed by atoms with Crippen molar-refractivity contribution in [3.05, 3.63) is 84.2 Å². The largest absolute Gasteiger partial charge is 0.355 e. The Labute approximate surface area is 193 Å². The van der Waals surface area contributed by atoms with Crippen LogP contribution in [0.4, 0.5) is 0 Å². The van der Waals surface area contributed by atoms with Gasteiger partial charge in [-0.15, -0.1) is 0 Å². The highest BCUT2D eigenvalue weighted by Crippen LogP contribution is 2.30. The molecule has 1 aliphatic rings. The van der Waals surface area contributed by atoms with Gasteiger partial charge in [-0.1, -0.05) is 41.6 Å². The number of piperidine rings is 1. The zero-order valence-corrected chi connectivity index (χ0v) is 18.9. The van der Waals surface area contributed by atoms with E-state index in [4.69, 9.17) is 4.52 Å². The lowest BCUT2D eigenvalue weighted by atomic mass is 10.0. The Morgan fingerprint density at radius 2 is 1.85 bits per heavy atom. The molecule has 4 aromatic rings. The second-order valence-corrected chi connectivity index (χ2v) is 8.67. The molecule has 6 heteroatoms. The summed E-state index contributed by atoms with van der Waals surface area (Å²) in [6.45, 7) is 3.00. The summed E-state index contributed by atoms with van der Waals surface area (Å²) in [4.78, 5) is 22.1. The summed E-state index contributed by atoms with van der Waals surface area (Å²) in [6.07, 6.45) is 4.77. The standard InChI is InChI=1S/C27H28N4O2/c1-30(23-13-17-31(18-14-23)16-12-22-9-5-6-15-28-22)27(32)21-10-11-25-24(19-21)26(33-29-25)20-7-3-2-4-8-20/h2-11,15,19,23H,12-14,16-18H2,1H3. The number of nitrogens with zero attached hydrogens (tertiary/aromatic N) is 4. The minimum Gasteiger partial charge on any atom is -0.355 e. The fraction of sp³-hybridized carbons (Fsp3) is 0.296. The van der Waals surface area contributed by atoms with E-state index in [0.717, 1.165) is 61.1 Å². The molecule has 3 heterocycles. The maximum absolute atomic E-state index is 13.3. The lowest BCUT2D eigenvalue weighted by molar-refractivity contribution is 0.0643. The van der Waals surface area contributed by atoms with Gasteiger partial charge in [-0.25, -0.2) is 0 Å². The smallest absolute Gasteiger partial charge is 0.253 e. The Kier molecular flexibility index (Phi) is 6.17. The summed E-state index contributed by atoms with van der Waals surface area (Å²) < 4.78 is 5.59. The van der Waals surface area contributed by atoms with Gasteiger partial charge in [0.15, 0.2) is 5.76 Å². The number of benzene rings is 2. The third kappa shape index (κ3) is 4.66. The average Bonchev–Trinajstić information content (AvgIpc) is 3.31. The maximum atomic E-state index is 13.3. The van der Waals surface area contributed by atoms with Crippen molar-refractivity contribution in [3.63, 3.8) is 0 Å². The molecule has 0 N–H and O–H groups in total. The molecule has 168 valence electrons. The van der Waals surface area contributed by atoms with Gasteiger partial charge in [0.25, 0.3) is 5.91 Å². The summed E-state index contributed by atoms with van der Waals surface area (Å²) in [7, 11) is 1.92. The molecule has 0 spiro atoms. The Balaban J connectivity index is 1.23. The highest BCUT2D eigenvalue weighted by molar-refractivity contribution is 6.01. The average molecular weight is 441 g/mol. The van der Waals surface area contributed by atoms with Crippen LogP contribution in [0.1, 0.15) is 28.9 Å². The van der Waals surface area contributed by atoms with E-state index in [0.29, 0.717) is 11.3 Å². The molecule has 1 amide bonds. The summed E-state index contributed by atoms with van der Waals surface area (Å²) in [5.74, 6) is 0.744. The molecule has 6 nitrogen and oxygen atoms in total. The van der Waals surface area contributed by atoms with Gasteiger partial charge in [-0.3, -0.25) is 9.78 Å². The number of hydrogen-bond acceptors (Lipinski definition) is 5. The van der Waals surface area contributed by atoms with Crippen LogP contribution >= 0.6 is 0 Å². The van der Waals surface area contributed by atoms with E-state index in [1.807, 2.05) is 78.8 Å². The Morgan fingerprint density at radius 3 is 2.61 bits per heavy atom. The number of fused-ring (bicyclic) bond motifs is 1. The molecule has 1 fully saturated rings. The third-order valence-electron chi connectivity index (χ3n) is 6.59. The molecule has 0 unspecified atom stereocenters. The molecule has 5 rings (SSSR count). The van der Waals surface area contributed by atoms with Crippen LogP contribution in [0.3, 0.4) is 0 Å². The number of rotatable bonds is 6. The van der Waals surface area contributed by atoms with Crippen molar-refractivity contribution in [3.8, 4) is 11.3 Å². The lowest BCUT2D eigenvalue weighted by Crippen LogP contribution is -2.46. The monoisotopic (exact) mass is 440 g/mol. The van der Waals surface area contributed by atoms with Crippen LogP contribution in [-0.2, 0) is 6.42 Å². The molecule has 2 aromatic carbocycles. The number of pyridine rings is 1. The summed E-state index contributed by atoms with van der Waals surface area (Å²) in [5, 5.41) is 5.03. The lowest BCUT2D eigenvalue weighted by Gasteiger charge is -2.36. The van der Waals surface area contributed by atoms with E-state index in [1.165, 1.54) is 0 Å². The van der Waals surface area contributed by atoms with E-state index in [1.54, 1.807) is 0 Å². The van der Waals surface area contributed by atoms with Crippen molar-refractivity contribution in [2.75, 3.05) is 26.7 Å². The van der Waals surface area contributed by atoms with Gasteiger partial charge in [0, 0.05) is 62.2 Å². The Morgan fingerprint density at radius 1 is 1.06 bits per heavy atom. The van der Waals surface area contributed by atoms with Crippen molar-refractivity contribution in [1.29, 1.82) is 0 Å². The first kappa shape index (κ1) is 21.3. The number of aromatic nitrogens is 2. The molecule has 1 saturated heterocycles. The van der Waals surface area contributed by atoms with Crippen LogP contribution in [0, 0.1) is 0 Å². The van der Waals surface area contributed by atoms with Gasteiger partial charge in [0.2, 0.25) is 0 Å². The highest BCUT2D eigenvalue weighted by Gasteiger charge is 2.26. The topological polar surface area (TPSA) is 62.5 Å². The molecular formula is C27H28N4O2. The molecule has 2 aromatic heterocycles. The van der Waals surface area contributed by atoms with Crippen LogP contribution in [0.25, 0.3) is 22.2 Å². The normalized spacial score (nSPS) is 15.1. The number of likely N-dealkylation sites (tertiary alicyclic amines) is 1. The molecule has 0 radical (unpaired) electrons. The van der Waals surface area contributed by atoms with Crippen LogP contribution < -0.4 is 0 Å². The Bertz CT molecular complexity index is 1210. The molecule has 0 atom stereocenters. The van der Waals surface area contributed by atoms with Crippen LogP contribution in [0.15, 0.2) is 77.4 Å². The van der Waals surface area contributed by atoms with E-state index >= 15 is 0 Å². The SMILES string of the molecule is CN(C(=O)c1ccc2noc(-c3ccccc3)c2c1)C1CCN(CCc2ccccn2)CC1. The van der Waals surface area contributed by atoms with E-state index < -0.39 is 0 Å². The first-order chi connectivity index (χ1) is 16.2. The van der Waals surface area contributed by atoms with Crippen LogP contribution in [-0.4, -0.2) is 58.6 Å². The van der Waals surface area contributed by atoms with Crippen LogP contribution in [0.2, 0.25) is 0 Å². The molecule has 33 heavy (non-hydrogen) atoms. The number of amides is 1. The second-order valence-electron chi connectivity index (χ2n) is 8.67. The first-order valence-electron chi connectivity index (χ1n) is 11.5. The summed E-state index contributed by atoms with van der Waals surface area (Å²) in [6, 6.07) is 21.8. The van der Waals surface area contributed by atoms with Crippen molar-refractivity contribution in [2.45, 2.75) is 25.3 Å². The van der Waals surface area contributed by atoms with Crippen molar-refractivity contribution in [1.82, 2.24) is 19.9 Å². The quantitative estimate of drug-likeness (QED) is 0.436. The predicted molar refractivity (Wildman–Crippen MR) is 129 cm³/mol. The number of carbonyl (C=O) groups excluding carboxylic acids is 1. The van der Waals surface area contributed by atoms with Crippen molar-refractivity contribution >= 4 is 16.8 Å². The predicted octanol–water partition coefficient (Wildman–Crippen LogP) is 4.67. The second kappa shape index (κ2) is 9.55. The van der Waals surface area contributed by atoms with Crippen LogP contribution in [0.5, 0.6) is 0 Å². The van der Waals surface area contributed by atoms with E-state index in [2.05, 4.69) is 21.1 Å². The van der Waals surface area contributed by atoms with E-state index in [-0.39, 0.29) is 11.9 Å². The molecule has 0 saturated carbocycles. The third-order valence-corrected chi connectivity index (χ3v) is 6.59. The van der Waals surface area contributed by atoms with Gasteiger partial charge in [-0.05, 0) is 43.2 Å². The van der Waals surface area contributed by atoms with Crippen molar-refractivity contribution in [2.24, 2.45) is 0 Å². The highest BCUT2D eigenvalue weighted by atomic mass is 16.5. The zero-order chi connectivity index (χ0) is 22.6. The fourth-order valence-electron chi connectivity index (χ4n) is 4.59.